The smallest absolute Gasteiger partial charge is 0.326 e. The van der Waals surface area contributed by atoms with E-state index in [9.17, 15) is 33.6 Å². The molecule has 1 atom stereocenters. The highest BCUT2D eigenvalue weighted by Gasteiger charge is 2.47. The van der Waals surface area contributed by atoms with E-state index in [1.807, 2.05) is 121 Å². The molecule has 2 aromatic carbocycles. The van der Waals surface area contributed by atoms with Crippen molar-refractivity contribution in [2.75, 3.05) is 233 Å². The van der Waals surface area contributed by atoms with Crippen molar-refractivity contribution in [3.05, 3.63) is 141 Å². The van der Waals surface area contributed by atoms with Crippen LogP contribution in [0, 0.1) is 36.5 Å². The van der Waals surface area contributed by atoms with Crippen molar-refractivity contribution in [3.8, 4) is 0 Å². The van der Waals surface area contributed by atoms with Crippen molar-refractivity contribution in [1.29, 1.82) is 0 Å². The van der Waals surface area contributed by atoms with Crippen LogP contribution in [0.25, 0.3) is 16.7 Å². The van der Waals surface area contributed by atoms with Gasteiger partial charge in [0.25, 0.3) is 0 Å². The molecule has 12 fully saturated rings. The van der Waals surface area contributed by atoms with Crippen LogP contribution in [0.3, 0.4) is 0 Å². The Morgan fingerprint density at radius 1 is 0.545 bits per heavy atom. The lowest BCUT2D eigenvalue weighted by Gasteiger charge is -2.36. The number of aliphatic carboxylic acids is 3. The number of carbonyl (C=O) groups is 6. The number of piperidine rings is 9. The lowest BCUT2D eigenvalue weighted by Crippen LogP contribution is -2.54. The number of nitrogens with zero attached hydrogens (tertiary/aromatic N) is 20. The number of carbonyl (C=O) groups excluding carboxylic acids is 3. The first kappa shape index (κ1) is 114. The number of halogens is 1. The van der Waals surface area contributed by atoms with E-state index in [0.29, 0.717) is 84.3 Å². The fourth-order valence-corrected chi connectivity index (χ4v) is 22.3. The molecule has 14 aliphatic rings. The molecule has 12 saturated heterocycles. The highest BCUT2D eigenvalue weighted by Crippen LogP contribution is 2.42. The van der Waals surface area contributed by atoms with Gasteiger partial charge in [-0.05, 0) is 392 Å². The number of likely N-dealkylation sites (N-methyl/N-ethyl adjacent to an activating group) is 1. The van der Waals surface area contributed by atoms with Gasteiger partial charge in [0.05, 0.1) is 45.9 Å². The average Bonchev–Trinajstić information content (AvgIpc) is 1.32. The molecule has 0 bridgehead atoms. The number of pyridine rings is 1. The number of benzene rings is 2. The summed E-state index contributed by atoms with van der Waals surface area (Å²) in [5.74, 6) is 2.07. The van der Waals surface area contributed by atoms with Gasteiger partial charge in [0.1, 0.15) is 28.9 Å². The number of aromatic amines is 2. The third-order valence-electron chi connectivity index (χ3n) is 32.0. The zero-order valence-electron chi connectivity index (χ0n) is 88.4. The number of carboxylic acids is 3. The highest BCUT2D eigenvalue weighted by atomic mass is 35.5. The van der Waals surface area contributed by atoms with Crippen LogP contribution < -0.4 is 27.0 Å². The van der Waals surface area contributed by atoms with Gasteiger partial charge in [0.15, 0.2) is 0 Å². The second-order valence-electron chi connectivity index (χ2n) is 43.0. The Morgan fingerprint density at radius 2 is 1.05 bits per heavy atom. The number of nitrogens with two attached hydrogens (primary N) is 1. The molecule has 0 radical (unpaired) electrons. The van der Waals surface area contributed by atoms with Gasteiger partial charge in [-0.25, -0.2) is 9.78 Å². The number of aliphatic hydroxyl groups is 1. The quantitative estimate of drug-likeness (QED) is 0.0544. The Morgan fingerprint density at radius 3 is 1.56 bits per heavy atom. The topological polar surface area (TPSA) is 390 Å². The first-order valence-corrected chi connectivity index (χ1v) is 53.0. The Hall–Kier alpha value is -9.12. The van der Waals surface area contributed by atoms with E-state index < -0.39 is 23.4 Å². The predicted molar refractivity (Wildman–Crippen MR) is 565 cm³/mol. The highest BCUT2D eigenvalue weighted by molar-refractivity contribution is 6.31. The molecule has 7 aromatic rings. The van der Waals surface area contributed by atoms with Gasteiger partial charge in [0, 0.05) is 130 Å². The van der Waals surface area contributed by atoms with E-state index in [4.69, 9.17) is 37.8 Å². The summed E-state index contributed by atoms with van der Waals surface area (Å²) in [7, 11) is 25.0. The Bertz CT molecular complexity index is 5130. The van der Waals surface area contributed by atoms with Crippen molar-refractivity contribution in [1.82, 2.24) is 113 Å². The number of H-pyrrole nitrogens is 2. The maximum absolute atomic E-state index is 12.1. The molecular weight excluding hydrogens is 1830 g/mol. The van der Waals surface area contributed by atoms with Gasteiger partial charge in [-0.1, -0.05) is 42.4 Å². The number of hydrogen-bond acceptors (Lipinski definition) is 25. The Kier molecular flexibility index (Phi) is 44.0. The normalized spacial score (nSPS) is 22.7. The minimum Gasteiger partial charge on any atom is -0.513 e. The number of hydrogen-bond donors (Lipinski definition) is 9. The SMILES string of the molecule is C=C(O)C1CCN(C)CC1.CN1CCC(CC(=O)O)CC1.CN1CCC(N)(C(=O)O)CC1.CN1CCC(N2C(=O)Cc3ccccc32)CC1.CN1CCC(N2CCC[C@H]2C(=O)O)CC1.CN1CCC(n2c(=O)[nH]c3cc(Cl)ccc32)CC1.CN1CCC2(CC1)CCN(C)C2=O.CN1CCC2(CCNC2=O)CC1.CN1CCc2[nH]ncc2C1.CNCc1cn2ccccc2n1.Cc1nnc(C)n1C1CCN(C)CC1. The second-order valence-corrected chi connectivity index (χ2v) is 43.4. The summed E-state index contributed by atoms with van der Waals surface area (Å²) in [6.07, 6.45) is 30.5. The largest absolute Gasteiger partial charge is 0.513 e. The number of nitrogens with one attached hydrogen (secondary N) is 4. The lowest BCUT2D eigenvalue weighted by atomic mass is 9.77. The number of carboxylic acid groups (broad SMARTS) is 3. The van der Waals surface area contributed by atoms with Crippen LogP contribution in [-0.2, 0) is 54.7 Å². The van der Waals surface area contributed by atoms with E-state index in [1.165, 1.54) is 42.8 Å². The molecule has 21 rings (SSSR count). The Balaban J connectivity index is 0.000000151. The van der Waals surface area contributed by atoms with Crippen LogP contribution in [-0.4, -0.2) is 411 Å². The molecule has 3 amide bonds. The molecule has 2 spiro atoms. The van der Waals surface area contributed by atoms with E-state index in [0.717, 1.165) is 306 Å². The van der Waals surface area contributed by atoms with Gasteiger partial charge in [-0.15, -0.1) is 10.2 Å². The maximum atomic E-state index is 12.1. The molecule has 143 heavy (non-hydrogen) atoms. The fraction of sp³-hybridized carbons (Fsp3) is 0.689. The molecule has 794 valence electrons. The second kappa shape index (κ2) is 55.1. The predicted octanol–water partition coefficient (Wildman–Crippen LogP) is 9.64. The van der Waals surface area contributed by atoms with Gasteiger partial charge < -0.3 is 110 Å². The maximum Gasteiger partial charge on any atom is 0.326 e. The number of para-hydroxylation sites is 1. The summed E-state index contributed by atoms with van der Waals surface area (Å²) in [5, 5.41) is 57.3. The molecule has 19 heterocycles. The summed E-state index contributed by atoms with van der Waals surface area (Å²) in [5.41, 5.74) is 13.6. The zero-order valence-corrected chi connectivity index (χ0v) is 89.2. The Labute approximate surface area is 853 Å². The van der Waals surface area contributed by atoms with Gasteiger partial charge in [0.2, 0.25) is 17.7 Å². The van der Waals surface area contributed by atoms with Crippen molar-refractivity contribution in [2.24, 2.45) is 28.4 Å². The molecule has 37 heteroatoms. The summed E-state index contributed by atoms with van der Waals surface area (Å²) in [6.45, 7) is 32.5. The third kappa shape index (κ3) is 33.2. The van der Waals surface area contributed by atoms with Crippen molar-refractivity contribution in [3.63, 3.8) is 0 Å². The standard InChI is InChI=1S/C14H18N2O.C13H16ClN3O.C11H20N2O2.C10H18N4.C10H18N2O.C9H11N3.C9H16N2O.C8H15NO2.C8H15NO.C7H11N3.C7H14N2O2/c1-15-8-6-12(7-9-15)16-13-5-3-2-4-11(13)10-14(16)17;1-16-6-4-10(5-7-16)17-12-3-2-9(14)8-11(12)15-13(17)18;1-12-7-4-9(5-8-12)13-6-2-3-10(13)11(14)15;1-8-11-12-9(2)14(8)10-4-6-13(3)7-5-10;1-11-6-3-10(4-7-11)5-8-12(2)9(10)13;1-10-6-8-7-12-5-3-2-4-9(12)11-8;1-11-6-3-9(4-7-11)2-5-10-8(9)12;1-9-4-2-7(3-5-9)6-8(10)11;1-7(10)8-3-5-9(2)6-4-8;1-10-3-2-7-6(5-10)4-8-9-7;1-9-4-2-7(8,3-5-9)6(10)11/h2-5,12H,6-10H2,1H3;2-3,8,10H,4-7H2,1H3,(H,15,18);9-10H,2-8H2,1H3,(H,14,15);10H,4-7H2,1-3H3;3-8H2,1-2H3;2-5,7,10H,6H2,1H3;2-7H2,1H3,(H,10,12);7H,2-6H2,1H3,(H,10,11);8,10H,1,3-6H2,2H3;4H,2-3,5H2,1H3,(H,8,9);2-5,8H2,1H3,(H,10,11)/t;;10-;;;;;;;;/m..0......../s1. The average molecular weight is 2010 g/mol. The van der Waals surface area contributed by atoms with Crippen molar-refractivity contribution >= 4 is 69.6 Å². The monoisotopic (exact) mass is 2010 g/mol. The van der Waals surface area contributed by atoms with E-state index >= 15 is 0 Å². The van der Waals surface area contributed by atoms with Crippen molar-refractivity contribution < 1.29 is 49.2 Å². The molecule has 10 N–H and O–H groups in total. The number of fused-ring (bicyclic) bond motifs is 4. The van der Waals surface area contributed by atoms with Crippen LogP contribution in [0.5, 0.6) is 0 Å². The van der Waals surface area contributed by atoms with E-state index in [2.05, 4.69) is 182 Å². The molecule has 0 aliphatic carbocycles. The van der Waals surface area contributed by atoms with E-state index in [-0.39, 0.29) is 28.5 Å². The first-order chi connectivity index (χ1) is 68.3. The molecule has 0 unspecified atom stereocenters. The van der Waals surface area contributed by atoms with Crippen LogP contribution in [0.2, 0.25) is 5.02 Å². The number of imidazole rings is 2. The van der Waals surface area contributed by atoms with Crippen molar-refractivity contribution in [2.45, 2.75) is 223 Å². The zero-order chi connectivity index (χ0) is 103. The van der Waals surface area contributed by atoms with Crippen LogP contribution in [0.15, 0.2) is 96.4 Å². The minimum absolute atomic E-state index is 0.0203. The summed E-state index contributed by atoms with van der Waals surface area (Å²) in [4.78, 5) is 116. The number of anilines is 1. The third-order valence-corrected chi connectivity index (χ3v) is 32.3. The van der Waals surface area contributed by atoms with Crippen LogP contribution >= 0.6 is 11.6 Å². The number of amides is 3. The molecular formula is C106H172ClN25O11. The van der Waals surface area contributed by atoms with Gasteiger partial charge >= 0.3 is 23.6 Å². The first-order valence-electron chi connectivity index (χ1n) is 52.6. The minimum atomic E-state index is -0.966. The number of allylic oxidation sites excluding steroid dienone is 1. The van der Waals surface area contributed by atoms with Crippen LogP contribution in [0.4, 0.5) is 5.69 Å². The lowest BCUT2D eigenvalue weighted by molar-refractivity contribution is -0.145. The summed E-state index contributed by atoms with van der Waals surface area (Å²) < 4.78 is 6.19. The number of rotatable bonds is 11. The van der Waals surface area contributed by atoms with Crippen LogP contribution in [0.1, 0.15) is 194 Å². The fourth-order valence-electron chi connectivity index (χ4n) is 22.2. The number of aliphatic hydroxyl groups excluding tert-OH is 1. The molecule has 14 aliphatic heterocycles. The van der Waals surface area contributed by atoms with Gasteiger partial charge in [-0.2, -0.15) is 5.10 Å². The summed E-state index contributed by atoms with van der Waals surface area (Å²) in [6, 6.07) is 21.4. The molecule has 36 nitrogen and oxygen atoms in total. The number of aryl methyl sites for hydroxylation is 2. The van der Waals surface area contributed by atoms with E-state index in [1.54, 1.807) is 0 Å². The number of aromatic nitrogens is 9. The summed E-state index contributed by atoms with van der Waals surface area (Å²) >= 11 is 5.95. The molecule has 0 saturated carbocycles. The van der Waals surface area contributed by atoms with Gasteiger partial charge in [-0.3, -0.25) is 43.3 Å². The number of likely N-dealkylation sites (tertiary alicyclic amines) is 11. The molecule has 5 aromatic heterocycles.